The summed E-state index contributed by atoms with van der Waals surface area (Å²) in [6.07, 6.45) is 1.83. The van der Waals surface area contributed by atoms with E-state index in [4.69, 9.17) is 4.84 Å². The van der Waals surface area contributed by atoms with Gasteiger partial charge in [-0.15, -0.1) is 0 Å². The van der Waals surface area contributed by atoms with Crippen LogP contribution >= 0.6 is 0 Å². The van der Waals surface area contributed by atoms with Crippen molar-refractivity contribution in [3.8, 4) is 0 Å². The molecule has 7 nitrogen and oxygen atoms in total. The minimum absolute atomic E-state index is 0.0908. The van der Waals surface area contributed by atoms with Crippen molar-refractivity contribution in [1.29, 1.82) is 0 Å². The number of rotatable bonds is 8. The van der Waals surface area contributed by atoms with E-state index < -0.39 is 17.6 Å². The lowest BCUT2D eigenvalue weighted by molar-refractivity contribution is -0.176. The summed E-state index contributed by atoms with van der Waals surface area (Å²) in [6.45, 7) is 7.40. The van der Waals surface area contributed by atoms with Gasteiger partial charge in [-0.1, -0.05) is 44.2 Å². The zero-order valence-corrected chi connectivity index (χ0v) is 16.2. The molecule has 0 spiro atoms. The lowest BCUT2D eigenvalue weighted by atomic mass is 10.0. The molecule has 1 fully saturated rings. The standard InChI is InChI=1S/C17H23N3O4.C2H6/c1-17(2)15(22)19(16(23)18-17)11-14(20(12-21)24-3)10-9-13-7-5-4-6-8-13;1-2/h4-8,12,14H,9-11H2,1-3H3,(H,18,23);1-2H3. The van der Waals surface area contributed by atoms with Gasteiger partial charge in [0.1, 0.15) is 5.54 Å². The molecule has 0 saturated carbocycles. The number of nitrogens with one attached hydrogen (secondary N) is 1. The third kappa shape index (κ3) is 5.29. The van der Waals surface area contributed by atoms with Gasteiger partial charge in [-0.3, -0.25) is 19.3 Å². The molecule has 144 valence electrons. The van der Waals surface area contributed by atoms with Gasteiger partial charge in [0.05, 0.1) is 19.7 Å². The lowest BCUT2D eigenvalue weighted by Crippen LogP contribution is -2.46. The van der Waals surface area contributed by atoms with Crippen molar-refractivity contribution in [3.63, 3.8) is 0 Å². The molecule has 4 amide bonds. The summed E-state index contributed by atoms with van der Waals surface area (Å²) in [5.74, 6) is -0.306. The van der Waals surface area contributed by atoms with E-state index in [0.29, 0.717) is 19.3 Å². The molecule has 1 aromatic rings. The maximum Gasteiger partial charge on any atom is 0.325 e. The zero-order chi connectivity index (χ0) is 19.7. The molecule has 0 bridgehead atoms. The summed E-state index contributed by atoms with van der Waals surface area (Å²) in [5, 5.41) is 3.78. The first kappa shape index (κ1) is 21.6. The fourth-order valence-electron chi connectivity index (χ4n) is 2.75. The average Bonchev–Trinajstić information content (AvgIpc) is 2.84. The fraction of sp³-hybridized carbons (Fsp3) is 0.526. The molecule has 1 N–H and O–H groups in total. The van der Waals surface area contributed by atoms with Crippen LogP contribution in [0.2, 0.25) is 0 Å². The molecule has 0 radical (unpaired) electrons. The monoisotopic (exact) mass is 363 g/mol. The number of hydrogen-bond donors (Lipinski definition) is 1. The van der Waals surface area contributed by atoms with Gasteiger partial charge in [0.2, 0.25) is 6.41 Å². The summed E-state index contributed by atoms with van der Waals surface area (Å²) in [7, 11) is 1.39. The van der Waals surface area contributed by atoms with E-state index in [1.54, 1.807) is 13.8 Å². The Labute approximate surface area is 155 Å². The van der Waals surface area contributed by atoms with Gasteiger partial charge < -0.3 is 5.32 Å². The van der Waals surface area contributed by atoms with E-state index in [1.807, 2.05) is 44.2 Å². The van der Waals surface area contributed by atoms with E-state index in [9.17, 15) is 14.4 Å². The Morgan fingerprint density at radius 1 is 1.23 bits per heavy atom. The van der Waals surface area contributed by atoms with Crippen LogP contribution in [0.25, 0.3) is 0 Å². The maximum absolute atomic E-state index is 12.3. The second-order valence-corrected chi connectivity index (χ2v) is 6.30. The number of aryl methyl sites for hydroxylation is 1. The van der Waals surface area contributed by atoms with Gasteiger partial charge in [0, 0.05) is 0 Å². The van der Waals surface area contributed by atoms with Crippen molar-refractivity contribution in [1.82, 2.24) is 15.3 Å². The highest BCUT2D eigenvalue weighted by Crippen LogP contribution is 2.19. The molecule has 1 aliphatic rings. The van der Waals surface area contributed by atoms with Crippen LogP contribution in [0.5, 0.6) is 0 Å². The Kier molecular flexibility index (Phi) is 8.25. The van der Waals surface area contributed by atoms with E-state index in [1.165, 1.54) is 7.11 Å². The maximum atomic E-state index is 12.3. The predicted molar refractivity (Wildman–Crippen MR) is 99.1 cm³/mol. The SMILES string of the molecule is CC.CON(C=O)C(CCc1ccccc1)CN1C(=O)NC(C)(C)C1=O. The van der Waals surface area contributed by atoms with E-state index in [2.05, 4.69) is 5.32 Å². The summed E-state index contributed by atoms with van der Waals surface area (Å²) in [4.78, 5) is 41.9. The Morgan fingerprint density at radius 3 is 2.31 bits per heavy atom. The van der Waals surface area contributed by atoms with Crippen LogP contribution in [0.3, 0.4) is 0 Å². The van der Waals surface area contributed by atoms with Crippen molar-refractivity contribution < 1.29 is 19.2 Å². The van der Waals surface area contributed by atoms with Crippen LogP contribution in [0.15, 0.2) is 30.3 Å². The molecule has 2 rings (SSSR count). The van der Waals surface area contributed by atoms with E-state index >= 15 is 0 Å². The van der Waals surface area contributed by atoms with Gasteiger partial charge >= 0.3 is 6.03 Å². The van der Waals surface area contributed by atoms with Gasteiger partial charge in [-0.25, -0.2) is 9.86 Å². The number of carbonyl (C=O) groups excluding carboxylic acids is 3. The fourth-order valence-corrected chi connectivity index (χ4v) is 2.75. The largest absolute Gasteiger partial charge is 0.325 e. The molecular weight excluding hydrogens is 334 g/mol. The molecular formula is C19H29N3O4. The van der Waals surface area contributed by atoms with Crippen molar-refractivity contribution in [2.75, 3.05) is 13.7 Å². The molecule has 1 saturated heterocycles. The van der Waals surface area contributed by atoms with Gasteiger partial charge in [-0.05, 0) is 32.3 Å². The molecule has 0 aliphatic carbocycles. The van der Waals surface area contributed by atoms with Crippen LogP contribution in [-0.2, 0) is 20.8 Å². The first-order chi connectivity index (χ1) is 12.4. The van der Waals surface area contributed by atoms with E-state index in [-0.39, 0.29) is 12.5 Å². The number of amides is 4. The number of benzene rings is 1. The number of hydroxylamine groups is 2. The third-order valence-electron chi connectivity index (χ3n) is 4.12. The Balaban J connectivity index is 0.00000163. The van der Waals surface area contributed by atoms with Gasteiger partial charge in [0.25, 0.3) is 5.91 Å². The highest BCUT2D eigenvalue weighted by Gasteiger charge is 2.45. The summed E-state index contributed by atoms with van der Waals surface area (Å²) in [6, 6.07) is 8.94. The second kappa shape index (κ2) is 9.91. The molecule has 7 heteroatoms. The number of imide groups is 1. The van der Waals surface area contributed by atoms with Crippen LogP contribution in [-0.4, -0.2) is 53.5 Å². The van der Waals surface area contributed by atoms with Crippen LogP contribution < -0.4 is 5.32 Å². The van der Waals surface area contributed by atoms with Crippen molar-refractivity contribution >= 4 is 18.3 Å². The van der Waals surface area contributed by atoms with Crippen LogP contribution in [0.4, 0.5) is 4.79 Å². The second-order valence-electron chi connectivity index (χ2n) is 6.30. The smallest absolute Gasteiger partial charge is 0.324 e. The predicted octanol–water partition coefficient (Wildman–Crippen LogP) is 2.36. The number of urea groups is 1. The van der Waals surface area contributed by atoms with Gasteiger partial charge in [0.15, 0.2) is 0 Å². The molecule has 0 aromatic heterocycles. The highest BCUT2D eigenvalue weighted by molar-refractivity contribution is 6.06. The molecule has 1 aromatic carbocycles. The van der Waals surface area contributed by atoms with E-state index in [0.717, 1.165) is 15.5 Å². The normalized spacial score (nSPS) is 16.4. The quantitative estimate of drug-likeness (QED) is 0.437. The molecule has 1 unspecified atom stereocenters. The van der Waals surface area contributed by atoms with Crippen LogP contribution in [0, 0.1) is 0 Å². The lowest BCUT2D eigenvalue weighted by Gasteiger charge is -2.29. The number of carbonyl (C=O) groups is 3. The average molecular weight is 363 g/mol. The molecule has 1 heterocycles. The molecule has 1 atom stereocenters. The van der Waals surface area contributed by atoms with Crippen molar-refractivity contribution in [2.45, 2.75) is 52.1 Å². The Hall–Kier alpha value is -2.41. The first-order valence-corrected chi connectivity index (χ1v) is 8.85. The van der Waals surface area contributed by atoms with Crippen LogP contribution in [0.1, 0.15) is 39.7 Å². The van der Waals surface area contributed by atoms with Crippen molar-refractivity contribution in [3.05, 3.63) is 35.9 Å². The minimum Gasteiger partial charge on any atom is -0.324 e. The summed E-state index contributed by atoms with van der Waals surface area (Å²) >= 11 is 0. The molecule has 26 heavy (non-hydrogen) atoms. The Morgan fingerprint density at radius 2 is 1.85 bits per heavy atom. The zero-order valence-electron chi connectivity index (χ0n) is 16.2. The topological polar surface area (TPSA) is 79.0 Å². The number of hydrogen-bond acceptors (Lipinski definition) is 4. The highest BCUT2D eigenvalue weighted by atomic mass is 16.7. The summed E-state index contributed by atoms with van der Waals surface area (Å²) < 4.78 is 0. The van der Waals surface area contributed by atoms with Gasteiger partial charge in [-0.2, -0.15) is 0 Å². The third-order valence-corrected chi connectivity index (χ3v) is 4.12. The first-order valence-electron chi connectivity index (χ1n) is 8.85. The Bertz CT molecular complexity index is 604. The number of nitrogens with zero attached hydrogens (tertiary/aromatic N) is 2. The van der Waals surface area contributed by atoms with Crippen molar-refractivity contribution in [2.24, 2.45) is 0 Å². The molecule has 1 aliphatic heterocycles. The summed E-state index contributed by atoms with van der Waals surface area (Å²) in [5.41, 5.74) is 0.183. The minimum atomic E-state index is -0.930.